The molecule has 3 aromatic heterocycles. The number of thiazole rings is 1. The molecule has 4 rings (SSSR count). The average molecular weight is 425 g/mol. The third-order valence-electron chi connectivity index (χ3n) is 4.35. The molecule has 3 aromatic rings. The predicted octanol–water partition coefficient (Wildman–Crippen LogP) is 3.94. The maximum atomic E-state index is 12.8. The highest BCUT2D eigenvalue weighted by molar-refractivity contribution is 7.91. The zero-order valence-corrected chi connectivity index (χ0v) is 17.0. The van der Waals surface area contributed by atoms with Crippen LogP contribution >= 0.6 is 34.0 Å². The van der Waals surface area contributed by atoms with Crippen LogP contribution in [-0.2, 0) is 9.84 Å². The van der Waals surface area contributed by atoms with E-state index in [0.717, 1.165) is 15.4 Å². The smallest absolute Gasteiger partial charge is 0.282 e. The van der Waals surface area contributed by atoms with Gasteiger partial charge in [0.25, 0.3) is 5.91 Å². The summed E-state index contributed by atoms with van der Waals surface area (Å²) >= 11 is 4.35. The van der Waals surface area contributed by atoms with Crippen LogP contribution in [0.15, 0.2) is 40.4 Å². The summed E-state index contributed by atoms with van der Waals surface area (Å²) in [6.07, 6.45) is 0.428. The van der Waals surface area contributed by atoms with E-state index >= 15 is 0 Å². The van der Waals surface area contributed by atoms with Gasteiger partial charge in [0.1, 0.15) is 0 Å². The molecular formula is C17H16N2O3S4. The Hall–Kier alpha value is -1.55. The summed E-state index contributed by atoms with van der Waals surface area (Å²) in [6.45, 7) is 0.644. The van der Waals surface area contributed by atoms with Gasteiger partial charge in [-0.05, 0) is 29.3 Å². The first-order chi connectivity index (χ1) is 12.5. The van der Waals surface area contributed by atoms with Gasteiger partial charge < -0.3 is 4.90 Å². The third kappa shape index (κ3) is 3.48. The molecule has 0 aromatic carbocycles. The van der Waals surface area contributed by atoms with Gasteiger partial charge in [-0.1, -0.05) is 12.1 Å². The fourth-order valence-corrected chi connectivity index (χ4v) is 7.53. The van der Waals surface area contributed by atoms with Gasteiger partial charge in [0.05, 0.1) is 21.6 Å². The van der Waals surface area contributed by atoms with Crippen LogP contribution in [0.1, 0.15) is 26.4 Å². The summed E-state index contributed by atoms with van der Waals surface area (Å²) < 4.78 is 25.2. The van der Waals surface area contributed by atoms with E-state index in [9.17, 15) is 13.2 Å². The summed E-state index contributed by atoms with van der Waals surface area (Å²) in [7, 11) is -3.26. The first kappa shape index (κ1) is 17.8. The van der Waals surface area contributed by atoms with E-state index in [-0.39, 0.29) is 18.2 Å². The predicted molar refractivity (Wildman–Crippen MR) is 107 cm³/mol. The van der Waals surface area contributed by atoms with Gasteiger partial charge in [-0.25, -0.2) is 13.4 Å². The number of hydrogen-bond acceptors (Lipinski definition) is 7. The standard InChI is InChI=1S/C17H16N2O3S4/c20-17(16-18-12(11-25-16)13-3-1-8-23-13)19-6-5-15(14-4-2-9-24-14)26(21,22)10-7-19/h1-4,8-9,11,15H,5-7,10H2. The Morgan fingerprint density at radius 3 is 2.65 bits per heavy atom. The molecular weight excluding hydrogens is 408 g/mol. The molecule has 1 aliphatic rings. The van der Waals surface area contributed by atoms with E-state index in [1.807, 2.05) is 40.4 Å². The van der Waals surface area contributed by atoms with Crippen LogP contribution < -0.4 is 0 Å². The minimum Gasteiger partial charge on any atom is -0.336 e. The summed E-state index contributed by atoms with van der Waals surface area (Å²) in [6, 6.07) is 7.65. The summed E-state index contributed by atoms with van der Waals surface area (Å²) in [4.78, 5) is 20.8. The van der Waals surface area contributed by atoms with E-state index in [1.165, 1.54) is 22.7 Å². The second kappa shape index (κ2) is 7.22. The van der Waals surface area contributed by atoms with Crippen LogP contribution in [-0.4, -0.2) is 43.1 Å². The van der Waals surface area contributed by atoms with Crippen molar-refractivity contribution in [2.24, 2.45) is 0 Å². The third-order valence-corrected chi connectivity index (χ3v) is 9.31. The van der Waals surface area contributed by atoms with Crippen LogP contribution in [0, 0.1) is 0 Å². The SMILES string of the molecule is O=C(c1nc(-c2cccs2)cs1)N1CCC(c2cccs2)S(=O)(=O)CC1. The first-order valence-electron chi connectivity index (χ1n) is 8.08. The molecule has 0 N–H and O–H groups in total. The van der Waals surface area contributed by atoms with Crippen LogP contribution in [0.25, 0.3) is 10.6 Å². The zero-order chi connectivity index (χ0) is 18.1. The minimum atomic E-state index is -3.26. The van der Waals surface area contributed by atoms with Crippen molar-refractivity contribution in [1.29, 1.82) is 0 Å². The van der Waals surface area contributed by atoms with Gasteiger partial charge in [-0.3, -0.25) is 4.79 Å². The highest BCUT2D eigenvalue weighted by atomic mass is 32.2. The second-order valence-corrected chi connectivity index (χ2v) is 11.1. The van der Waals surface area contributed by atoms with Gasteiger partial charge in [0, 0.05) is 23.3 Å². The topological polar surface area (TPSA) is 67.3 Å². The summed E-state index contributed by atoms with van der Waals surface area (Å²) in [5.41, 5.74) is 0.798. The van der Waals surface area contributed by atoms with Crippen LogP contribution in [0.3, 0.4) is 0 Å². The van der Waals surface area contributed by atoms with E-state index in [2.05, 4.69) is 4.98 Å². The molecule has 5 nitrogen and oxygen atoms in total. The quantitative estimate of drug-likeness (QED) is 0.639. The Labute approximate surface area is 163 Å². The molecule has 1 aliphatic heterocycles. The number of carbonyl (C=O) groups excluding carboxylic acids is 1. The van der Waals surface area contributed by atoms with Gasteiger partial charge in [-0.15, -0.1) is 34.0 Å². The van der Waals surface area contributed by atoms with Gasteiger partial charge in [0.2, 0.25) is 0 Å². The maximum absolute atomic E-state index is 12.8. The summed E-state index contributed by atoms with van der Waals surface area (Å²) in [5, 5.41) is 5.64. The van der Waals surface area contributed by atoms with Gasteiger partial charge in [-0.2, -0.15) is 0 Å². The zero-order valence-electron chi connectivity index (χ0n) is 13.7. The molecule has 0 saturated carbocycles. The molecule has 0 spiro atoms. The highest BCUT2D eigenvalue weighted by Gasteiger charge is 2.34. The highest BCUT2D eigenvalue weighted by Crippen LogP contribution is 2.33. The molecule has 136 valence electrons. The minimum absolute atomic E-state index is 0.00946. The van der Waals surface area contributed by atoms with Crippen molar-refractivity contribution < 1.29 is 13.2 Å². The van der Waals surface area contributed by atoms with E-state index in [1.54, 1.807) is 16.2 Å². The number of thiophene rings is 2. The van der Waals surface area contributed by atoms with E-state index in [0.29, 0.717) is 18.0 Å². The van der Waals surface area contributed by atoms with Crippen molar-refractivity contribution in [3.63, 3.8) is 0 Å². The Bertz CT molecular complexity index is 991. The number of nitrogens with zero attached hydrogens (tertiary/aromatic N) is 2. The number of sulfone groups is 1. The number of amides is 1. The van der Waals surface area contributed by atoms with E-state index in [4.69, 9.17) is 0 Å². The molecule has 1 fully saturated rings. The van der Waals surface area contributed by atoms with Crippen molar-refractivity contribution in [1.82, 2.24) is 9.88 Å². The lowest BCUT2D eigenvalue weighted by Gasteiger charge is -2.18. The van der Waals surface area contributed by atoms with Gasteiger partial charge in [0.15, 0.2) is 14.8 Å². The summed E-state index contributed by atoms with van der Waals surface area (Å²) in [5.74, 6) is -0.190. The second-order valence-electron chi connectivity index (χ2n) is 5.97. The van der Waals surface area contributed by atoms with Crippen LogP contribution in [0.5, 0.6) is 0 Å². The maximum Gasteiger partial charge on any atom is 0.282 e. The van der Waals surface area contributed by atoms with Crippen molar-refractivity contribution in [3.8, 4) is 10.6 Å². The molecule has 4 heterocycles. The largest absolute Gasteiger partial charge is 0.336 e. The molecule has 9 heteroatoms. The molecule has 1 atom stereocenters. The Morgan fingerprint density at radius 1 is 1.12 bits per heavy atom. The Balaban J connectivity index is 1.53. The van der Waals surface area contributed by atoms with Crippen LogP contribution in [0.2, 0.25) is 0 Å². The van der Waals surface area contributed by atoms with Gasteiger partial charge >= 0.3 is 0 Å². The lowest BCUT2D eigenvalue weighted by atomic mass is 10.2. The first-order valence-corrected chi connectivity index (χ1v) is 12.4. The number of carbonyl (C=O) groups is 1. The lowest BCUT2D eigenvalue weighted by Crippen LogP contribution is -2.33. The Kier molecular flexibility index (Phi) is 4.96. The number of aromatic nitrogens is 1. The molecule has 1 unspecified atom stereocenters. The van der Waals surface area contributed by atoms with Crippen LogP contribution in [0.4, 0.5) is 0 Å². The molecule has 0 radical (unpaired) electrons. The molecule has 0 aliphatic carbocycles. The fraction of sp³-hybridized carbons (Fsp3) is 0.294. The van der Waals surface area contributed by atoms with E-state index < -0.39 is 15.1 Å². The fourth-order valence-electron chi connectivity index (χ4n) is 2.99. The Morgan fingerprint density at radius 2 is 1.92 bits per heavy atom. The number of hydrogen-bond donors (Lipinski definition) is 0. The van der Waals surface area contributed by atoms with Crippen molar-refractivity contribution in [2.45, 2.75) is 11.7 Å². The normalized spacial score (nSPS) is 20.0. The average Bonchev–Trinajstić information content (AvgIpc) is 3.37. The van der Waals surface area contributed by atoms with Crippen molar-refractivity contribution in [2.75, 3.05) is 18.8 Å². The monoisotopic (exact) mass is 424 g/mol. The lowest BCUT2D eigenvalue weighted by molar-refractivity contribution is 0.0766. The molecule has 26 heavy (non-hydrogen) atoms. The number of rotatable bonds is 3. The van der Waals surface area contributed by atoms with Crippen molar-refractivity contribution in [3.05, 3.63) is 50.3 Å². The molecule has 1 amide bonds. The van der Waals surface area contributed by atoms with Crippen molar-refractivity contribution >= 4 is 49.8 Å². The molecule has 0 bridgehead atoms. The molecule has 1 saturated heterocycles.